The van der Waals surface area contributed by atoms with Crippen molar-refractivity contribution in [1.29, 1.82) is 0 Å². The van der Waals surface area contributed by atoms with E-state index in [1.54, 1.807) is 6.07 Å². The van der Waals surface area contributed by atoms with Crippen molar-refractivity contribution in [3.05, 3.63) is 33.9 Å². The highest BCUT2D eigenvalue weighted by Gasteiger charge is 2.23. The maximum absolute atomic E-state index is 11.6. The fraction of sp³-hybridized carbons (Fsp3) is 0.500. The Morgan fingerprint density at radius 1 is 1.29 bits per heavy atom. The molecule has 1 fully saturated rings. The molecule has 0 bridgehead atoms. The van der Waals surface area contributed by atoms with Crippen molar-refractivity contribution in [3.8, 4) is 0 Å². The Labute approximate surface area is 123 Å². The van der Waals surface area contributed by atoms with Gasteiger partial charge >= 0.3 is 0 Å². The predicted octanol–water partition coefficient (Wildman–Crippen LogP) is 1.22. The fourth-order valence-corrected chi connectivity index (χ4v) is 2.59. The van der Waals surface area contributed by atoms with Gasteiger partial charge in [-0.05, 0) is 19.9 Å². The molecular formula is C14H20N4O3. The number of nitrogens with zero attached hydrogens (tertiary/aromatic N) is 3. The number of piperazine rings is 1. The van der Waals surface area contributed by atoms with Gasteiger partial charge in [-0.25, -0.2) is 0 Å². The number of hydrogen-bond donors (Lipinski definition) is 1. The van der Waals surface area contributed by atoms with Gasteiger partial charge in [-0.3, -0.25) is 19.8 Å². The first-order chi connectivity index (χ1) is 9.90. The van der Waals surface area contributed by atoms with Crippen molar-refractivity contribution in [2.75, 3.05) is 31.1 Å². The standard InChI is InChI=1S/C14H20N4O3/c1-10(2)16-5-7-17(8-6-16)13-4-3-11(18(20)21)9-12(13)14(15)19/h3-4,9-10H,5-8H2,1-2H3,(H2,15,19). The lowest BCUT2D eigenvalue weighted by Crippen LogP contribution is -2.49. The van der Waals surface area contributed by atoms with Gasteiger partial charge in [-0.1, -0.05) is 0 Å². The summed E-state index contributed by atoms with van der Waals surface area (Å²) in [5.74, 6) is -0.639. The molecule has 2 N–H and O–H groups in total. The molecule has 1 aromatic carbocycles. The third kappa shape index (κ3) is 3.30. The summed E-state index contributed by atoms with van der Waals surface area (Å²) in [7, 11) is 0. The van der Waals surface area contributed by atoms with Gasteiger partial charge < -0.3 is 10.6 Å². The number of carbonyl (C=O) groups is 1. The molecule has 2 rings (SSSR count). The first kappa shape index (κ1) is 15.2. The van der Waals surface area contributed by atoms with Crippen LogP contribution in [0.1, 0.15) is 24.2 Å². The SMILES string of the molecule is CC(C)N1CCN(c2ccc([N+](=O)[O-])cc2C(N)=O)CC1. The quantitative estimate of drug-likeness (QED) is 0.665. The summed E-state index contributed by atoms with van der Waals surface area (Å²) in [5.41, 5.74) is 6.14. The van der Waals surface area contributed by atoms with Crippen LogP contribution in [0.2, 0.25) is 0 Å². The van der Waals surface area contributed by atoms with Crippen LogP contribution in [0.4, 0.5) is 11.4 Å². The van der Waals surface area contributed by atoms with Crippen LogP contribution in [0, 0.1) is 10.1 Å². The number of benzene rings is 1. The Balaban J connectivity index is 2.24. The second kappa shape index (κ2) is 6.09. The highest BCUT2D eigenvalue weighted by atomic mass is 16.6. The zero-order chi connectivity index (χ0) is 15.6. The number of nitro groups is 1. The third-order valence-corrected chi connectivity index (χ3v) is 3.84. The van der Waals surface area contributed by atoms with E-state index in [-0.39, 0.29) is 11.3 Å². The molecule has 0 radical (unpaired) electrons. The molecule has 0 atom stereocenters. The lowest BCUT2D eigenvalue weighted by Gasteiger charge is -2.38. The molecule has 1 saturated heterocycles. The van der Waals surface area contributed by atoms with E-state index in [0.29, 0.717) is 11.7 Å². The van der Waals surface area contributed by atoms with E-state index in [1.807, 2.05) is 0 Å². The van der Waals surface area contributed by atoms with Gasteiger partial charge in [0.1, 0.15) is 0 Å². The van der Waals surface area contributed by atoms with Gasteiger partial charge in [-0.15, -0.1) is 0 Å². The molecule has 114 valence electrons. The van der Waals surface area contributed by atoms with Crippen LogP contribution in [0.25, 0.3) is 0 Å². The van der Waals surface area contributed by atoms with Gasteiger partial charge in [-0.2, -0.15) is 0 Å². The van der Waals surface area contributed by atoms with Gasteiger partial charge in [0.25, 0.3) is 11.6 Å². The molecule has 0 unspecified atom stereocenters. The number of hydrogen-bond acceptors (Lipinski definition) is 5. The van der Waals surface area contributed by atoms with E-state index in [0.717, 1.165) is 26.2 Å². The molecular weight excluding hydrogens is 272 g/mol. The second-order valence-electron chi connectivity index (χ2n) is 5.44. The van der Waals surface area contributed by atoms with Crippen LogP contribution in [-0.2, 0) is 0 Å². The van der Waals surface area contributed by atoms with Crippen LogP contribution in [0.15, 0.2) is 18.2 Å². The Morgan fingerprint density at radius 2 is 1.90 bits per heavy atom. The first-order valence-corrected chi connectivity index (χ1v) is 6.97. The van der Waals surface area contributed by atoms with E-state index >= 15 is 0 Å². The van der Waals surface area contributed by atoms with Crippen LogP contribution in [-0.4, -0.2) is 48.0 Å². The van der Waals surface area contributed by atoms with Gasteiger partial charge in [0, 0.05) is 44.4 Å². The number of nitrogens with two attached hydrogens (primary N) is 1. The smallest absolute Gasteiger partial charge is 0.270 e. The third-order valence-electron chi connectivity index (χ3n) is 3.84. The molecule has 7 heteroatoms. The van der Waals surface area contributed by atoms with Crippen LogP contribution in [0.3, 0.4) is 0 Å². The summed E-state index contributed by atoms with van der Waals surface area (Å²) in [5, 5.41) is 10.8. The molecule has 1 aromatic rings. The number of primary amides is 1. The molecule has 21 heavy (non-hydrogen) atoms. The molecule has 1 aliphatic heterocycles. The molecule has 0 aliphatic carbocycles. The Kier molecular flexibility index (Phi) is 4.42. The Bertz CT molecular complexity index is 551. The molecule has 1 amide bonds. The highest BCUT2D eigenvalue weighted by molar-refractivity contribution is 5.99. The van der Waals surface area contributed by atoms with Crippen molar-refractivity contribution >= 4 is 17.3 Å². The van der Waals surface area contributed by atoms with E-state index in [1.165, 1.54) is 12.1 Å². The van der Waals surface area contributed by atoms with Crippen LogP contribution in [0.5, 0.6) is 0 Å². The van der Waals surface area contributed by atoms with E-state index in [2.05, 4.69) is 23.6 Å². The average molecular weight is 292 g/mol. The molecule has 1 aliphatic rings. The number of non-ortho nitro benzene ring substituents is 1. The number of anilines is 1. The van der Waals surface area contributed by atoms with Crippen molar-refractivity contribution in [3.63, 3.8) is 0 Å². The van der Waals surface area contributed by atoms with Crippen molar-refractivity contribution < 1.29 is 9.72 Å². The monoisotopic (exact) mass is 292 g/mol. The Hall–Kier alpha value is -2.15. The van der Waals surface area contributed by atoms with Gasteiger partial charge in [0.15, 0.2) is 0 Å². The van der Waals surface area contributed by atoms with Crippen molar-refractivity contribution in [2.24, 2.45) is 5.73 Å². The normalized spacial score (nSPS) is 16.2. The zero-order valence-electron chi connectivity index (χ0n) is 12.3. The number of carbonyl (C=O) groups excluding carboxylic acids is 1. The summed E-state index contributed by atoms with van der Waals surface area (Å²) in [6.45, 7) is 7.64. The maximum atomic E-state index is 11.6. The largest absolute Gasteiger partial charge is 0.368 e. The van der Waals surface area contributed by atoms with Crippen LogP contribution >= 0.6 is 0 Å². The molecule has 0 spiro atoms. The summed E-state index contributed by atoms with van der Waals surface area (Å²) in [6.07, 6.45) is 0. The average Bonchev–Trinajstić information content (AvgIpc) is 2.46. The zero-order valence-corrected chi connectivity index (χ0v) is 12.3. The topological polar surface area (TPSA) is 92.7 Å². The lowest BCUT2D eigenvalue weighted by atomic mass is 10.1. The second-order valence-corrected chi connectivity index (χ2v) is 5.44. The van der Waals surface area contributed by atoms with E-state index in [9.17, 15) is 14.9 Å². The van der Waals surface area contributed by atoms with Crippen LogP contribution < -0.4 is 10.6 Å². The summed E-state index contributed by atoms with van der Waals surface area (Å²) in [6, 6.07) is 4.77. The van der Waals surface area contributed by atoms with Crippen molar-refractivity contribution in [2.45, 2.75) is 19.9 Å². The minimum absolute atomic E-state index is 0.117. The Morgan fingerprint density at radius 3 is 2.38 bits per heavy atom. The summed E-state index contributed by atoms with van der Waals surface area (Å²) >= 11 is 0. The fourth-order valence-electron chi connectivity index (χ4n) is 2.59. The summed E-state index contributed by atoms with van der Waals surface area (Å²) < 4.78 is 0. The highest BCUT2D eigenvalue weighted by Crippen LogP contribution is 2.26. The first-order valence-electron chi connectivity index (χ1n) is 6.97. The van der Waals surface area contributed by atoms with E-state index < -0.39 is 10.8 Å². The van der Waals surface area contributed by atoms with E-state index in [4.69, 9.17) is 5.73 Å². The minimum atomic E-state index is -0.639. The van der Waals surface area contributed by atoms with Gasteiger partial charge in [0.2, 0.25) is 0 Å². The molecule has 0 aromatic heterocycles. The number of amides is 1. The lowest BCUT2D eigenvalue weighted by molar-refractivity contribution is -0.384. The molecule has 7 nitrogen and oxygen atoms in total. The number of rotatable bonds is 4. The van der Waals surface area contributed by atoms with Crippen molar-refractivity contribution in [1.82, 2.24) is 4.90 Å². The molecule has 0 saturated carbocycles. The number of nitro benzene ring substituents is 1. The van der Waals surface area contributed by atoms with Gasteiger partial charge in [0.05, 0.1) is 16.2 Å². The minimum Gasteiger partial charge on any atom is -0.368 e. The summed E-state index contributed by atoms with van der Waals surface area (Å²) in [4.78, 5) is 26.3. The molecule has 1 heterocycles. The predicted molar refractivity (Wildman–Crippen MR) is 80.5 cm³/mol. The maximum Gasteiger partial charge on any atom is 0.270 e.